The number of terminal acetylenes is 1. The summed E-state index contributed by atoms with van der Waals surface area (Å²) < 4.78 is 31.6. The number of rotatable bonds is 11. The Balaban J connectivity index is 1.29. The molecule has 7 heteroatoms. The fraction of sp³-hybridized carbons (Fsp3) is 0.511. The van der Waals surface area contributed by atoms with Crippen LogP contribution in [0, 0.1) is 25.1 Å². The van der Waals surface area contributed by atoms with Gasteiger partial charge in [-0.3, -0.25) is 9.80 Å². The Labute approximate surface area is 308 Å². The number of anilines is 1. The molecule has 1 aromatic heterocycles. The number of nitrogens with zero attached hydrogens (tertiary/aromatic N) is 5. The summed E-state index contributed by atoms with van der Waals surface area (Å²) in [5.41, 5.74) is 7.01. The Bertz CT molecular complexity index is 2000. The first-order chi connectivity index (χ1) is 25.2. The molecule has 1 aliphatic carbocycles. The zero-order valence-corrected chi connectivity index (χ0v) is 31.3. The Morgan fingerprint density at radius 2 is 1.85 bits per heavy atom. The van der Waals surface area contributed by atoms with Gasteiger partial charge < -0.3 is 4.90 Å². The smallest absolute Gasteiger partial charge is 0.157 e. The van der Waals surface area contributed by atoms with E-state index < -0.39 is 5.83 Å². The average molecular weight is 702 g/mol. The molecule has 2 aromatic carbocycles. The van der Waals surface area contributed by atoms with Gasteiger partial charge in [0.15, 0.2) is 5.82 Å². The largest absolute Gasteiger partial charge is 0.353 e. The molecule has 8 rings (SSSR count). The van der Waals surface area contributed by atoms with Crippen LogP contribution in [0.15, 0.2) is 36.2 Å². The van der Waals surface area contributed by atoms with Gasteiger partial charge in [0.25, 0.3) is 0 Å². The Kier molecular flexibility index (Phi) is 9.59. The van der Waals surface area contributed by atoms with Gasteiger partial charge >= 0.3 is 0 Å². The molecule has 2 bridgehead atoms. The molecule has 52 heavy (non-hydrogen) atoms. The highest BCUT2D eigenvalue weighted by molar-refractivity contribution is 6.04. The third-order valence-corrected chi connectivity index (χ3v) is 12.9. The molecule has 5 nitrogen and oxygen atoms in total. The summed E-state index contributed by atoms with van der Waals surface area (Å²) in [5, 5.41) is 0.834. The van der Waals surface area contributed by atoms with Gasteiger partial charge in [0.05, 0.1) is 5.39 Å². The summed E-state index contributed by atoms with van der Waals surface area (Å²) in [6, 6.07) is 4.87. The highest BCUT2D eigenvalue weighted by Gasteiger charge is 2.44. The number of hydrogen-bond donors (Lipinski definition) is 0. The van der Waals surface area contributed by atoms with E-state index in [9.17, 15) is 4.39 Å². The zero-order chi connectivity index (χ0) is 36.1. The molecule has 4 saturated heterocycles. The van der Waals surface area contributed by atoms with E-state index in [-0.39, 0.29) is 11.4 Å². The molecule has 5 heterocycles. The van der Waals surface area contributed by atoms with Crippen LogP contribution in [-0.4, -0.2) is 70.1 Å². The molecule has 0 radical (unpaired) electrons. The molecule has 0 N–H and O–H groups in total. The summed E-state index contributed by atoms with van der Waals surface area (Å²) in [6.07, 6.45) is 24.8. The number of halogens is 2. The van der Waals surface area contributed by atoms with Crippen LogP contribution in [0.4, 0.5) is 14.6 Å². The summed E-state index contributed by atoms with van der Waals surface area (Å²) in [4.78, 5) is 18.5. The van der Waals surface area contributed by atoms with Crippen LogP contribution in [0.3, 0.4) is 0 Å². The van der Waals surface area contributed by atoms with Crippen molar-refractivity contribution >= 4 is 28.9 Å². The standard InChI is InChI=1S/C45H53F2N5/c1-6-8-9-22-52-33-14-15-34(52)28-50(27-33)44-41-38-26-30(4)25-37(38)40(36-24-29(3)23-32(35(36)7-2)13-12-31(5)46)42(47)43(41)48-39(49-44)16-19-45-17-10-20-51(45)21-11-18-45/h2,12-13,23-24,26,33-34H,5-6,8-11,14-22,25,27-28H2,1,3-4H3/b13-12-. The van der Waals surface area contributed by atoms with Crippen molar-refractivity contribution in [3.63, 3.8) is 0 Å². The first kappa shape index (κ1) is 35.2. The van der Waals surface area contributed by atoms with Crippen LogP contribution < -0.4 is 4.90 Å². The number of aryl methyl sites for hydroxylation is 2. The minimum Gasteiger partial charge on any atom is -0.353 e. The van der Waals surface area contributed by atoms with Gasteiger partial charge in [-0.25, -0.2) is 18.7 Å². The van der Waals surface area contributed by atoms with Crippen LogP contribution in [0.2, 0.25) is 0 Å². The molecule has 0 saturated carbocycles. The lowest BCUT2D eigenvalue weighted by Gasteiger charge is -2.42. The van der Waals surface area contributed by atoms with Crippen LogP contribution in [0.1, 0.15) is 112 Å². The summed E-state index contributed by atoms with van der Waals surface area (Å²) in [6.45, 7) is 15.1. The molecule has 0 spiro atoms. The molecule has 4 fully saturated rings. The zero-order valence-electron chi connectivity index (χ0n) is 31.3. The molecule has 272 valence electrons. The Hall–Kier alpha value is -3.86. The third-order valence-electron chi connectivity index (χ3n) is 12.9. The Morgan fingerprint density at radius 3 is 2.54 bits per heavy atom. The molecule has 2 unspecified atom stereocenters. The van der Waals surface area contributed by atoms with Crippen LogP contribution in [-0.2, 0) is 12.8 Å². The number of benzene rings is 2. The topological polar surface area (TPSA) is 35.5 Å². The molecular formula is C45H53F2N5. The van der Waals surface area contributed by atoms with E-state index in [1.807, 2.05) is 19.1 Å². The van der Waals surface area contributed by atoms with Gasteiger partial charge in [0, 0.05) is 53.8 Å². The summed E-state index contributed by atoms with van der Waals surface area (Å²) in [7, 11) is 0. The maximum Gasteiger partial charge on any atom is 0.157 e. The van der Waals surface area contributed by atoms with Crippen LogP contribution in [0.5, 0.6) is 0 Å². The monoisotopic (exact) mass is 701 g/mol. The first-order valence-corrected chi connectivity index (χ1v) is 19.8. The molecule has 4 aliphatic heterocycles. The van der Waals surface area contributed by atoms with Gasteiger partial charge in [-0.2, -0.15) is 0 Å². The molecule has 2 atom stereocenters. The lowest BCUT2D eigenvalue weighted by molar-refractivity contribution is 0.166. The molecular weight excluding hydrogens is 649 g/mol. The lowest BCUT2D eigenvalue weighted by Crippen LogP contribution is -2.54. The SMILES string of the molecule is C#Cc1c(/C=C\C(=C)F)cc(C)cc1-c1c2c(c3c(N4CC5CCC(C4)N5CCCCC)nc(CCC45CCCN4CCC5)nc3c1F)C=C(C)C2. The van der Waals surface area contributed by atoms with Crippen molar-refractivity contribution in [2.45, 2.75) is 115 Å². The number of unbranched alkanes of at least 4 members (excludes halogenated alkanes) is 2. The number of piperazine rings is 1. The lowest BCUT2D eigenvalue weighted by atomic mass is 9.87. The van der Waals surface area contributed by atoms with Crippen molar-refractivity contribution in [3.8, 4) is 23.5 Å². The van der Waals surface area contributed by atoms with Crippen molar-refractivity contribution in [1.29, 1.82) is 0 Å². The van der Waals surface area contributed by atoms with Gasteiger partial charge in [-0.05, 0) is 120 Å². The minimum absolute atomic E-state index is 0.223. The van der Waals surface area contributed by atoms with Gasteiger partial charge in [-0.15, -0.1) is 6.42 Å². The van der Waals surface area contributed by atoms with Gasteiger partial charge in [0.2, 0.25) is 0 Å². The van der Waals surface area contributed by atoms with E-state index in [1.165, 1.54) is 82.5 Å². The first-order valence-electron chi connectivity index (χ1n) is 19.8. The van der Waals surface area contributed by atoms with Gasteiger partial charge in [-0.1, -0.05) is 62.1 Å². The normalized spacial score (nSPS) is 22.4. The van der Waals surface area contributed by atoms with E-state index >= 15 is 4.39 Å². The van der Waals surface area contributed by atoms with E-state index in [0.717, 1.165) is 66.2 Å². The highest BCUT2D eigenvalue weighted by Crippen LogP contribution is 2.47. The van der Waals surface area contributed by atoms with E-state index in [0.29, 0.717) is 46.3 Å². The predicted octanol–water partition coefficient (Wildman–Crippen LogP) is 9.59. The van der Waals surface area contributed by atoms with Gasteiger partial charge in [0.1, 0.15) is 23.0 Å². The maximum absolute atomic E-state index is 17.8. The fourth-order valence-electron chi connectivity index (χ4n) is 10.5. The highest BCUT2D eigenvalue weighted by atomic mass is 19.1. The molecule has 3 aromatic rings. The molecule has 5 aliphatic rings. The van der Waals surface area contributed by atoms with Crippen molar-refractivity contribution in [2.24, 2.45) is 0 Å². The predicted molar refractivity (Wildman–Crippen MR) is 211 cm³/mol. The Morgan fingerprint density at radius 1 is 1.10 bits per heavy atom. The van der Waals surface area contributed by atoms with Crippen molar-refractivity contribution in [2.75, 3.05) is 37.6 Å². The maximum atomic E-state index is 17.8. The van der Waals surface area contributed by atoms with Crippen molar-refractivity contribution in [1.82, 2.24) is 19.8 Å². The number of allylic oxidation sites excluding steroid dienone is 3. The van der Waals surface area contributed by atoms with Crippen LogP contribution >= 0.6 is 0 Å². The third kappa shape index (κ3) is 6.20. The second-order valence-electron chi connectivity index (χ2n) is 16.3. The summed E-state index contributed by atoms with van der Waals surface area (Å²) in [5.74, 6) is 3.58. The van der Waals surface area contributed by atoms with E-state index in [4.69, 9.17) is 16.4 Å². The second-order valence-corrected chi connectivity index (χ2v) is 16.3. The average Bonchev–Trinajstić information content (AvgIpc) is 3.87. The van der Waals surface area contributed by atoms with Crippen LogP contribution in [0.25, 0.3) is 34.2 Å². The summed E-state index contributed by atoms with van der Waals surface area (Å²) >= 11 is 0. The molecule has 0 amide bonds. The van der Waals surface area contributed by atoms with E-state index in [2.05, 4.69) is 47.1 Å². The quantitative estimate of drug-likeness (QED) is 0.113. The van der Waals surface area contributed by atoms with Crippen molar-refractivity contribution < 1.29 is 8.78 Å². The van der Waals surface area contributed by atoms with E-state index in [1.54, 1.807) is 6.08 Å². The number of fused-ring (bicyclic) bond motifs is 6. The minimum atomic E-state index is -0.562. The number of aromatic nitrogens is 2. The van der Waals surface area contributed by atoms with Crippen molar-refractivity contribution in [3.05, 3.63) is 75.6 Å². The fourth-order valence-corrected chi connectivity index (χ4v) is 10.5. The number of hydrogen-bond acceptors (Lipinski definition) is 5. The second kappa shape index (κ2) is 14.2.